The quantitative estimate of drug-likeness (QED) is 0.723. The molecule has 0 spiro atoms. The van der Waals surface area contributed by atoms with Gasteiger partial charge in [0.2, 0.25) is 0 Å². The summed E-state index contributed by atoms with van der Waals surface area (Å²) < 4.78 is 13.9. The second kappa shape index (κ2) is 5.39. The molecule has 0 heterocycles. The van der Waals surface area contributed by atoms with E-state index in [-0.39, 0.29) is 12.2 Å². The zero-order valence-corrected chi connectivity index (χ0v) is 9.34. The fraction of sp³-hybridized carbons (Fsp3) is 0.133. The van der Waals surface area contributed by atoms with Gasteiger partial charge < -0.3 is 0 Å². The standard InChI is InChI=1S/C15H13FO/c16-14(12-7-3-1-4-8-12)11-15(17)13-9-5-2-6-10-13/h1-10,14H,11H2. The molecule has 1 nitrogen and oxygen atoms in total. The molecule has 0 saturated carbocycles. The summed E-state index contributed by atoms with van der Waals surface area (Å²) in [6, 6.07) is 17.6. The minimum Gasteiger partial charge on any atom is -0.294 e. The maximum absolute atomic E-state index is 13.9. The molecule has 0 fully saturated rings. The van der Waals surface area contributed by atoms with E-state index in [1.165, 1.54) is 0 Å². The summed E-state index contributed by atoms with van der Waals surface area (Å²) in [6.07, 6.45) is -1.34. The van der Waals surface area contributed by atoms with Crippen molar-refractivity contribution in [3.05, 3.63) is 71.8 Å². The molecule has 2 rings (SSSR count). The van der Waals surface area contributed by atoms with Crippen LogP contribution in [0.25, 0.3) is 0 Å². The Balaban J connectivity index is 2.05. The van der Waals surface area contributed by atoms with E-state index in [0.29, 0.717) is 11.1 Å². The Morgan fingerprint density at radius 1 is 0.941 bits per heavy atom. The molecule has 0 aliphatic heterocycles. The van der Waals surface area contributed by atoms with Crippen LogP contribution in [0.5, 0.6) is 0 Å². The predicted octanol–water partition coefficient (Wildman–Crippen LogP) is 3.97. The number of rotatable bonds is 4. The molecule has 0 amide bonds. The highest BCUT2D eigenvalue weighted by Gasteiger charge is 2.15. The van der Waals surface area contributed by atoms with E-state index >= 15 is 0 Å². The van der Waals surface area contributed by atoms with E-state index in [1.54, 1.807) is 48.5 Å². The van der Waals surface area contributed by atoms with Crippen molar-refractivity contribution in [2.24, 2.45) is 0 Å². The smallest absolute Gasteiger partial charge is 0.166 e. The fourth-order valence-corrected chi connectivity index (χ4v) is 1.68. The molecule has 0 bridgehead atoms. The molecule has 86 valence electrons. The van der Waals surface area contributed by atoms with Crippen LogP contribution in [-0.2, 0) is 0 Å². The predicted molar refractivity (Wildman–Crippen MR) is 65.7 cm³/mol. The normalized spacial score (nSPS) is 12.1. The minimum atomic E-state index is -1.23. The first-order valence-corrected chi connectivity index (χ1v) is 5.54. The molecule has 1 unspecified atom stereocenters. The molecule has 0 radical (unpaired) electrons. The van der Waals surface area contributed by atoms with Crippen molar-refractivity contribution in [3.63, 3.8) is 0 Å². The zero-order chi connectivity index (χ0) is 12.1. The lowest BCUT2D eigenvalue weighted by Crippen LogP contribution is -2.03. The number of Topliss-reactive ketones (excluding diaryl/α,β-unsaturated/α-hetero) is 1. The van der Waals surface area contributed by atoms with Gasteiger partial charge in [-0.2, -0.15) is 0 Å². The van der Waals surface area contributed by atoms with Gasteiger partial charge in [0, 0.05) is 12.0 Å². The Kier molecular flexibility index (Phi) is 3.66. The molecule has 0 aliphatic rings. The van der Waals surface area contributed by atoms with Crippen LogP contribution in [0.3, 0.4) is 0 Å². The minimum absolute atomic E-state index is 0.103. The Labute approximate surface area is 99.9 Å². The molecular formula is C15H13FO. The Morgan fingerprint density at radius 3 is 2.06 bits per heavy atom. The molecule has 2 aromatic carbocycles. The molecule has 2 heteroatoms. The van der Waals surface area contributed by atoms with Gasteiger partial charge in [0.15, 0.2) is 5.78 Å². The highest BCUT2D eigenvalue weighted by Crippen LogP contribution is 2.22. The van der Waals surface area contributed by atoms with E-state index in [2.05, 4.69) is 0 Å². The zero-order valence-electron chi connectivity index (χ0n) is 9.34. The van der Waals surface area contributed by atoms with Gasteiger partial charge >= 0.3 is 0 Å². The van der Waals surface area contributed by atoms with Crippen molar-refractivity contribution in [1.29, 1.82) is 0 Å². The Bertz CT molecular complexity index is 479. The van der Waals surface area contributed by atoms with E-state index in [4.69, 9.17) is 0 Å². The topological polar surface area (TPSA) is 17.1 Å². The number of carbonyl (C=O) groups excluding carboxylic acids is 1. The highest BCUT2D eigenvalue weighted by atomic mass is 19.1. The molecule has 0 N–H and O–H groups in total. The summed E-state index contributed by atoms with van der Waals surface area (Å²) in [5.41, 5.74) is 1.11. The number of hydrogen-bond donors (Lipinski definition) is 0. The van der Waals surface area contributed by atoms with Gasteiger partial charge in [0.25, 0.3) is 0 Å². The first kappa shape index (κ1) is 11.5. The Morgan fingerprint density at radius 2 is 1.47 bits per heavy atom. The van der Waals surface area contributed by atoms with Crippen molar-refractivity contribution in [2.75, 3.05) is 0 Å². The van der Waals surface area contributed by atoms with Gasteiger partial charge in [0.1, 0.15) is 6.17 Å². The lowest BCUT2D eigenvalue weighted by atomic mass is 10.0. The number of halogens is 1. The van der Waals surface area contributed by atoms with Gasteiger partial charge in [-0.3, -0.25) is 4.79 Å². The summed E-state index contributed by atoms with van der Waals surface area (Å²) in [7, 11) is 0. The summed E-state index contributed by atoms with van der Waals surface area (Å²) in [6.45, 7) is 0. The van der Waals surface area contributed by atoms with Crippen LogP contribution in [0.15, 0.2) is 60.7 Å². The van der Waals surface area contributed by atoms with Crippen LogP contribution in [-0.4, -0.2) is 5.78 Å². The third kappa shape index (κ3) is 3.00. The van der Waals surface area contributed by atoms with Crippen LogP contribution >= 0.6 is 0 Å². The third-order valence-electron chi connectivity index (χ3n) is 2.62. The van der Waals surface area contributed by atoms with Crippen LogP contribution in [0.4, 0.5) is 4.39 Å². The molecule has 0 aliphatic carbocycles. The third-order valence-corrected chi connectivity index (χ3v) is 2.62. The Hall–Kier alpha value is -1.96. The molecule has 1 atom stereocenters. The molecule has 0 saturated heterocycles. The highest BCUT2D eigenvalue weighted by molar-refractivity contribution is 5.96. The molecule has 17 heavy (non-hydrogen) atoms. The lowest BCUT2D eigenvalue weighted by Gasteiger charge is -2.07. The van der Waals surface area contributed by atoms with Crippen LogP contribution in [0, 0.1) is 0 Å². The van der Waals surface area contributed by atoms with Crippen molar-refractivity contribution in [2.45, 2.75) is 12.6 Å². The lowest BCUT2D eigenvalue weighted by molar-refractivity contribution is 0.0947. The van der Waals surface area contributed by atoms with Gasteiger partial charge in [0.05, 0.1) is 0 Å². The van der Waals surface area contributed by atoms with E-state index in [9.17, 15) is 9.18 Å². The van der Waals surface area contributed by atoms with Crippen molar-refractivity contribution >= 4 is 5.78 Å². The summed E-state index contributed by atoms with van der Waals surface area (Å²) >= 11 is 0. The first-order valence-electron chi connectivity index (χ1n) is 5.54. The van der Waals surface area contributed by atoms with Crippen LogP contribution < -0.4 is 0 Å². The van der Waals surface area contributed by atoms with Crippen molar-refractivity contribution < 1.29 is 9.18 Å². The maximum atomic E-state index is 13.9. The van der Waals surface area contributed by atoms with Gasteiger partial charge in [-0.05, 0) is 5.56 Å². The van der Waals surface area contributed by atoms with E-state index < -0.39 is 6.17 Å². The number of ketones is 1. The van der Waals surface area contributed by atoms with Gasteiger partial charge in [-0.15, -0.1) is 0 Å². The van der Waals surface area contributed by atoms with Gasteiger partial charge in [-0.1, -0.05) is 60.7 Å². The van der Waals surface area contributed by atoms with Crippen molar-refractivity contribution in [3.8, 4) is 0 Å². The largest absolute Gasteiger partial charge is 0.294 e. The maximum Gasteiger partial charge on any atom is 0.166 e. The SMILES string of the molecule is O=C(CC(F)c1ccccc1)c1ccccc1. The average molecular weight is 228 g/mol. The molecular weight excluding hydrogens is 215 g/mol. The van der Waals surface area contributed by atoms with E-state index in [1.807, 2.05) is 12.1 Å². The number of hydrogen-bond acceptors (Lipinski definition) is 1. The number of benzene rings is 2. The summed E-state index contributed by atoms with van der Waals surface area (Å²) in [5, 5.41) is 0. The number of carbonyl (C=O) groups is 1. The second-order valence-corrected chi connectivity index (χ2v) is 3.87. The van der Waals surface area contributed by atoms with Crippen molar-refractivity contribution in [1.82, 2.24) is 0 Å². The van der Waals surface area contributed by atoms with E-state index in [0.717, 1.165) is 0 Å². The second-order valence-electron chi connectivity index (χ2n) is 3.87. The average Bonchev–Trinajstić information content (AvgIpc) is 2.40. The fourth-order valence-electron chi connectivity index (χ4n) is 1.68. The van der Waals surface area contributed by atoms with Gasteiger partial charge in [-0.25, -0.2) is 4.39 Å². The number of alkyl halides is 1. The van der Waals surface area contributed by atoms with Crippen LogP contribution in [0.2, 0.25) is 0 Å². The summed E-state index contributed by atoms with van der Waals surface area (Å²) in [5.74, 6) is -0.165. The monoisotopic (exact) mass is 228 g/mol. The molecule has 2 aromatic rings. The first-order chi connectivity index (χ1) is 8.27. The molecule has 0 aromatic heterocycles. The van der Waals surface area contributed by atoms with Crippen LogP contribution in [0.1, 0.15) is 28.5 Å². The summed E-state index contributed by atoms with van der Waals surface area (Å²) in [4.78, 5) is 11.8.